The molecule has 1 aromatic carbocycles. The number of benzene rings is 1. The summed E-state index contributed by atoms with van der Waals surface area (Å²) in [7, 11) is 0. The third kappa shape index (κ3) is 4.06. The fraction of sp³-hybridized carbons (Fsp3) is 0.333. The molecular weight excluding hydrogens is 288 g/mol. The van der Waals surface area contributed by atoms with Crippen molar-refractivity contribution in [2.75, 3.05) is 0 Å². The predicted molar refractivity (Wildman–Crippen MR) is 106 cm³/mol. The van der Waals surface area contributed by atoms with Gasteiger partial charge in [-0.05, 0) is 47.6 Å². The van der Waals surface area contributed by atoms with Gasteiger partial charge in [-0.1, -0.05) is 98.8 Å². The van der Waals surface area contributed by atoms with Gasteiger partial charge in [0.05, 0.1) is 0 Å². The van der Waals surface area contributed by atoms with Gasteiger partial charge >= 0.3 is 0 Å². The lowest BCUT2D eigenvalue weighted by Crippen LogP contribution is -1.86. The molecule has 0 aliphatic heterocycles. The van der Waals surface area contributed by atoms with Crippen LogP contribution in [0.1, 0.15) is 50.2 Å². The zero-order chi connectivity index (χ0) is 16.8. The van der Waals surface area contributed by atoms with Gasteiger partial charge in [0.1, 0.15) is 0 Å². The Bertz CT molecular complexity index is 736. The van der Waals surface area contributed by atoms with Crippen molar-refractivity contribution in [3.05, 3.63) is 71.8 Å². The Morgan fingerprint density at radius 1 is 0.583 bits per heavy atom. The first-order chi connectivity index (χ1) is 11.8. The summed E-state index contributed by atoms with van der Waals surface area (Å²) in [4.78, 5) is 0. The third-order valence-electron chi connectivity index (χ3n) is 4.90. The molecule has 0 radical (unpaired) electrons. The normalized spacial score (nSPS) is 11.1. The van der Waals surface area contributed by atoms with E-state index in [1.54, 1.807) is 0 Å². The standard InChI is InChI=1S/C24H28/c1-3-4-5-6-7-8-20-11-14-22(15-12-20)24-18-16-21-13-9-19(2)10-17-23(21)24/h9-18H,3-8H2,1-2H3. The highest BCUT2D eigenvalue weighted by atomic mass is 14.1. The Kier molecular flexibility index (Phi) is 5.69. The summed E-state index contributed by atoms with van der Waals surface area (Å²) in [5.74, 6) is 0. The molecule has 3 rings (SSSR count). The minimum atomic E-state index is 1.21. The quantitative estimate of drug-likeness (QED) is 0.402. The molecule has 0 nitrogen and oxygen atoms in total. The number of fused-ring (bicyclic) bond motifs is 1. The Morgan fingerprint density at radius 3 is 1.83 bits per heavy atom. The van der Waals surface area contributed by atoms with E-state index in [9.17, 15) is 0 Å². The molecule has 0 saturated heterocycles. The minimum absolute atomic E-state index is 1.21. The van der Waals surface area contributed by atoms with Crippen molar-refractivity contribution in [2.24, 2.45) is 0 Å². The number of hydrogen-bond donors (Lipinski definition) is 0. The van der Waals surface area contributed by atoms with Gasteiger partial charge in [0.2, 0.25) is 0 Å². The molecule has 0 spiro atoms. The Labute approximate surface area is 146 Å². The van der Waals surface area contributed by atoms with E-state index in [4.69, 9.17) is 0 Å². The maximum atomic E-state index is 2.31. The van der Waals surface area contributed by atoms with Gasteiger partial charge in [-0.3, -0.25) is 0 Å². The molecule has 1 aromatic rings. The second kappa shape index (κ2) is 8.15. The smallest absolute Gasteiger partial charge is 0.0105 e. The first kappa shape index (κ1) is 16.8. The lowest BCUT2D eigenvalue weighted by atomic mass is 9.99. The second-order valence-corrected chi connectivity index (χ2v) is 6.89. The second-order valence-electron chi connectivity index (χ2n) is 6.89. The highest BCUT2D eigenvalue weighted by Gasteiger charge is 2.09. The van der Waals surface area contributed by atoms with E-state index in [-0.39, 0.29) is 0 Å². The maximum Gasteiger partial charge on any atom is -0.0105 e. The average molecular weight is 316 g/mol. The molecule has 0 amide bonds. The first-order valence-corrected chi connectivity index (χ1v) is 9.36. The maximum absolute atomic E-state index is 2.31. The molecule has 0 fully saturated rings. The van der Waals surface area contributed by atoms with Crippen molar-refractivity contribution in [3.8, 4) is 22.3 Å². The van der Waals surface area contributed by atoms with Gasteiger partial charge in [-0.15, -0.1) is 0 Å². The van der Waals surface area contributed by atoms with E-state index in [2.05, 4.69) is 74.5 Å². The van der Waals surface area contributed by atoms with Crippen molar-refractivity contribution >= 4 is 0 Å². The Balaban J connectivity index is 1.70. The van der Waals surface area contributed by atoms with Crippen LogP contribution < -0.4 is 0 Å². The first-order valence-electron chi connectivity index (χ1n) is 9.36. The van der Waals surface area contributed by atoms with Crippen molar-refractivity contribution in [2.45, 2.75) is 52.4 Å². The van der Waals surface area contributed by atoms with Crippen LogP contribution in [0.25, 0.3) is 22.3 Å². The fourth-order valence-electron chi connectivity index (χ4n) is 3.37. The van der Waals surface area contributed by atoms with Crippen molar-refractivity contribution in [1.82, 2.24) is 0 Å². The average Bonchev–Trinajstić information content (AvgIpc) is 2.92. The summed E-state index contributed by atoms with van der Waals surface area (Å²) in [6.45, 7) is 4.42. The predicted octanol–water partition coefficient (Wildman–Crippen LogP) is 7.28. The van der Waals surface area contributed by atoms with Crippen LogP contribution in [0.3, 0.4) is 0 Å². The monoisotopic (exact) mass is 316 g/mol. The molecule has 0 atom stereocenters. The van der Waals surface area contributed by atoms with Crippen LogP contribution in [0, 0.1) is 6.92 Å². The van der Waals surface area contributed by atoms with Crippen molar-refractivity contribution < 1.29 is 0 Å². The molecule has 24 heavy (non-hydrogen) atoms. The van der Waals surface area contributed by atoms with Gasteiger partial charge in [0, 0.05) is 0 Å². The van der Waals surface area contributed by atoms with E-state index in [1.165, 1.54) is 71.9 Å². The number of aryl methyl sites for hydroxylation is 2. The minimum Gasteiger partial charge on any atom is -0.0654 e. The van der Waals surface area contributed by atoms with Gasteiger partial charge in [-0.2, -0.15) is 0 Å². The van der Waals surface area contributed by atoms with E-state index >= 15 is 0 Å². The molecule has 0 saturated carbocycles. The van der Waals surface area contributed by atoms with Gasteiger partial charge in [0.25, 0.3) is 0 Å². The summed E-state index contributed by atoms with van der Waals surface area (Å²) < 4.78 is 0. The SMILES string of the molecule is CCCCCCCc1ccc(-c2ccc3ccc(C)ccc2-3)cc1. The van der Waals surface area contributed by atoms with Crippen LogP contribution in [0.5, 0.6) is 0 Å². The van der Waals surface area contributed by atoms with Crippen LogP contribution in [0.2, 0.25) is 0 Å². The van der Waals surface area contributed by atoms with Crippen molar-refractivity contribution in [1.29, 1.82) is 0 Å². The van der Waals surface area contributed by atoms with Crippen LogP contribution in [0.4, 0.5) is 0 Å². The molecule has 0 unspecified atom stereocenters. The summed E-state index contributed by atoms with van der Waals surface area (Å²) in [6.07, 6.45) is 7.95. The van der Waals surface area contributed by atoms with Crippen LogP contribution in [-0.2, 0) is 6.42 Å². The molecule has 2 aliphatic carbocycles. The van der Waals surface area contributed by atoms with Crippen molar-refractivity contribution in [3.63, 3.8) is 0 Å². The lowest BCUT2D eigenvalue weighted by molar-refractivity contribution is 0.632. The molecule has 0 heterocycles. The molecule has 0 N–H and O–H groups in total. The molecule has 0 bridgehead atoms. The topological polar surface area (TPSA) is 0 Å². The fourth-order valence-corrected chi connectivity index (χ4v) is 3.37. The highest BCUT2D eigenvalue weighted by molar-refractivity contribution is 5.86. The summed E-state index contributed by atoms with van der Waals surface area (Å²) in [5.41, 5.74) is 8.09. The van der Waals surface area contributed by atoms with Crippen LogP contribution >= 0.6 is 0 Å². The zero-order valence-electron chi connectivity index (χ0n) is 15.0. The number of unbranched alkanes of at least 4 members (excludes halogenated alkanes) is 4. The summed E-state index contributed by atoms with van der Waals surface area (Å²) in [6, 6.07) is 22.5. The number of hydrogen-bond acceptors (Lipinski definition) is 0. The Hall–Kier alpha value is -2.08. The lowest BCUT2D eigenvalue weighted by Gasteiger charge is -2.05. The van der Waals surface area contributed by atoms with Gasteiger partial charge in [0.15, 0.2) is 0 Å². The van der Waals surface area contributed by atoms with E-state index < -0.39 is 0 Å². The summed E-state index contributed by atoms with van der Waals surface area (Å²) >= 11 is 0. The molecular formula is C24H28. The Morgan fingerprint density at radius 2 is 1.12 bits per heavy atom. The number of rotatable bonds is 7. The van der Waals surface area contributed by atoms with E-state index in [0.29, 0.717) is 0 Å². The molecule has 2 aliphatic rings. The van der Waals surface area contributed by atoms with E-state index in [1.807, 2.05) is 0 Å². The van der Waals surface area contributed by atoms with E-state index in [0.717, 1.165) is 0 Å². The third-order valence-corrected chi connectivity index (χ3v) is 4.90. The molecule has 124 valence electrons. The zero-order valence-corrected chi connectivity index (χ0v) is 15.0. The molecule has 0 heteroatoms. The van der Waals surface area contributed by atoms with Gasteiger partial charge in [-0.25, -0.2) is 0 Å². The van der Waals surface area contributed by atoms with Crippen LogP contribution in [-0.4, -0.2) is 0 Å². The molecule has 0 aromatic heterocycles. The highest BCUT2D eigenvalue weighted by Crippen LogP contribution is 2.35. The van der Waals surface area contributed by atoms with Gasteiger partial charge < -0.3 is 0 Å². The summed E-state index contributed by atoms with van der Waals surface area (Å²) in [5, 5.41) is 0. The van der Waals surface area contributed by atoms with Crippen LogP contribution in [0.15, 0.2) is 60.7 Å². The largest absolute Gasteiger partial charge is 0.0654 e.